The molecule has 0 fully saturated rings. The summed E-state index contributed by atoms with van der Waals surface area (Å²) in [5.74, 6) is 0.613. The third-order valence-corrected chi connectivity index (χ3v) is 9.96. The van der Waals surface area contributed by atoms with Crippen molar-refractivity contribution in [1.82, 2.24) is 9.55 Å². The molecule has 0 saturated carbocycles. The predicted octanol–water partition coefficient (Wildman–Crippen LogP) is 12.5. The van der Waals surface area contributed by atoms with Crippen LogP contribution in [0.4, 0.5) is 0 Å². The number of aromatic nitrogens is 2. The standard InChI is InChI=1S/C45H26N2O2/c1-2-10-27(11-3-1)45-46-38-22-32(18-19-42(38)49-45)34-26-44-37(36-21-29-13-5-7-15-31(29)24-43(36)48-44)25-41(34)47-39-17-9-8-16-33(39)35-20-28-12-4-6-14-30(28)23-40(35)47/h1-26H. The Morgan fingerprint density at radius 3 is 1.88 bits per heavy atom. The Morgan fingerprint density at radius 1 is 0.408 bits per heavy atom. The molecular weight excluding hydrogens is 601 g/mol. The minimum absolute atomic E-state index is 0.613. The lowest BCUT2D eigenvalue weighted by Crippen LogP contribution is -1.97. The molecule has 3 heterocycles. The minimum Gasteiger partial charge on any atom is -0.456 e. The fourth-order valence-corrected chi connectivity index (χ4v) is 7.63. The molecule has 8 aromatic carbocycles. The highest BCUT2D eigenvalue weighted by Gasteiger charge is 2.21. The van der Waals surface area contributed by atoms with Gasteiger partial charge in [-0.15, -0.1) is 0 Å². The Balaban J connectivity index is 1.25. The van der Waals surface area contributed by atoms with Crippen molar-refractivity contribution in [3.05, 3.63) is 158 Å². The molecular formula is C45H26N2O2. The first-order valence-electron chi connectivity index (χ1n) is 16.5. The molecule has 4 heteroatoms. The van der Waals surface area contributed by atoms with Gasteiger partial charge < -0.3 is 13.4 Å². The van der Waals surface area contributed by atoms with Gasteiger partial charge in [-0.2, -0.15) is 0 Å². The average Bonchev–Trinajstić information content (AvgIpc) is 3.83. The number of benzene rings is 8. The van der Waals surface area contributed by atoms with Gasteiger partial charge in [0.2, 0.25) is 5.89 Å². The average molecular weight is 627 g/mol. The Kier molecular flexibility index (Phi) is 5.35. The van der Waals surface area contributed by atoms with E-state index in [1.165, 1.54) is 26.9 Å². The van der Waals surface area contributed by atoms with E-state index in [0.717, 1.165) is 71.8 Å². The monoisotopic (exact) mass is 626 g/mol. The maximum atomic E-state index is 6.63. The van der Waals surface area contributed by atoms with Crippen LogP contribution in [0, 0.1) is 0 Å². The number of oxazole rings is 1. The second-order valence-corrected chi connectivity index (χ2v) is 12.8. The van der Waals surface area contributed by atoms with Gasteiger partial charge in [-0.05, 0) is 93.8 Å². The number of para-hydroxylation sites is 1. The molecule has 0 amide bonds. The lowest BCUT2D eigenvalue weighted by atomic mass is 9.99. The van der Waals surface area contributed by atoms with Crippen LogP contribution in [0.1, 0.15) is 0 Å². The van der Waals surface area contributed by atoms with Crippen molar-refractivity contribution >= 4 is 76.4 Å². The largest absolute Gasteiger partial charge is 0.456 e. The molecule has 3 aromatic heterocycles. The molecule has 11 aromatic rings. The maximum Gasteiger partial charge on any atom is 0.227 e. The number of fused-ring (bicyclic) bond motifs is 9. The van der Waals surface area contributed by atoms with E-state index < -0.39 is 0 Å². The highest BCUT2D eigenvalue weighted by molar-refractivity contribution is 6.16. The number of furan rings is 1. The van der Waals surface area contributed by atoms with Crippen LogP contribution in [0.2, 0.25) is 0 Å². The van der Waals surface area contributed by atoms with Crippen LogP contribution in [-0.2, 0) is 0 Å². The number of hydrogen-bond acceptors (Lipinski definition) is 3. The smallest absolute Gasteiger partial charge is 0.227 e. The molecule has 0 bridgehead atoms. The zero-order valence-electron chi connectivity index (χ0n) is 26.2. The molecule has 49 heavy (non-hydrogen) atoms. The van der Waals surface area contributed by atoms with Gasteiger partial charge in [-0.25, -0.2) is 4.98 Å². The van der Waals surface area contributed by atoms with E-state index in [0.29, 0.717) is 5.89 Å². The number of rotatable bonds is 3. The summed E-state index contributed by atoms with van der Waals surface area (Å²) in [6, 6.07) is 55.7. The second-order valence-electron chi connectivity index (χ2n) is 12.8. The van der Waals surface area contributed by atoms with E-state index in [2.05, 4.69) is 126 Å². The summed E-state index contributed by atoms with van der Waals surface area (Å²) in [5.41, 5.74) is 9.73. The lowest BCUT2D eigenvalue weighted by molar-refractivity contribution is 0.620. The normalized spacial score (nSPS) is 12.1. The summed E-state index contributed by atoms with van der Waals surface area (Å²) < 4.78 is 15.3. The van der Waals surface area contributed by atoms with Gasteiger partial charge in [0, 0.05) is 32.7 Å². The van der Waals surface area contributed by atoms with E-state index in [1.54, 1.807) is 0 Å². The van der Waals surface area contributed by atoms with E-state index >= 15 is 0 Å². The van der Waals surface area contributed by atoms with E-state index in [1.807, 2.05) is 36.4 Å². The molecule has 11 rings (SSSR count). The van der Waals surface area contributed by atoms with Gasteiger partial charge in [0.15, 0.2) is 5.58 Å². The zero-order valence-corrected chi connectivity index (χ0v) is 26.2. The van der Waals surface area contributed by atoms with E-state index in [9.17, 15) is 0 Å². The van der Waals surface area contributed by atoms with Crippen molar-refractivity contribution in [1.29, 1.82) is 0 Å². The summed E-state index contributed by atoms with van der Waals surface area (Å²) >= 11 is 0. The van der Waals surface area contributed by atoms with Crippen LogP contribution in [0.15, 0.2) is 167 Å². The summed E-state index contributed by atoms with van der Waals surface area (Å²) in [6.45, 7) is 0. The Bertz CT molecular complexity index is 3110. The van der Waals surface area contributed by atoms with Crippen LogP contribution in [-0.4, -0.2) is 9.55 Å². The third kappa shape index (κ3) is 3.95. The fraction of sp³-hybridized carbons (Fsp3) is 0. The van der Waals surface area contributed by atoms with Gasteiger partial charge in [0.05, 0.1) is 16.7 Å². The molecule has 0 aliphatic carbocycles. The van der Waals surface area contributed by atoms with Gasteiger partial charge in [0.1, 0.15) is 16.7 Å². The molecule has 0 unspecified atom stereocenters. The zero-order chi connectivity index (χ0) is 32.1. The number of nitrogens with zero attached hydrogens (tertiary/aromatic N) is 2. The first kappa shape index (κ1) is 26.4. The van der Waals surface area contributed by atoms with Gasteiger partial charge >= 0.3 is 0 Å². The first-order chi connectivity index (χ1) is 24.2. The summed E-state index contributed by atoms with van der Waals surface area (Å²) in [7, 11) is 0. The molecule has 0 atom stereocenters. The molecule has 0 aliphatic rings. The van der Waals surface area contributed by atoms with Crippen LogP contribution in [0.3, 0.4) is 0 Å². The van der Waals surface area contributed by atoms with Crippen LogP contribution in [0.25, 0.3) is 105 Å². The van der Waals surface area contributed by atoms with Crippen molar-refractivity contribution in [3.63, 3.8) is 0 Å². The highest BCUT2D eigenvalue weighted by Crippen LogP contribution is 2.43. The molecule has 228 valence electrons. The van der Waals surface area contributed by atoms with Crippen molar-refractivity contribution in [2.24, 2.45) is 0 Å². The van der Waals surface area contributed by atoms with Crippen LogP contribution < -0.4 is 0 Å². The SMILES string of the molecule is c1ccc(-c2nc3cc(-c4cc5oc6cc7ccccc7cc6c5cc4-n4c5ccccc5c5cc6ccccc6cc54)ccc3o2)cc1. The molecule has 0 spiro atoms. The van der Waals surface area contributed by atoms with E-state index in [4.69, 9.17) is 13.8 Å². The Hall–Kier alpha value is -6.65. The molecule has 0 aliphatic heterocycles. The lowest BCUT2D eigenvalue weighted by Gasteiger charge is -2.15. The van der Waals surface area contributed by atoms with Crippen molar-refractivity contribution in [3.8, 4) is 28.3 Å². The first-order valence-corrected chi connectivity index (χ1v) is 16.5. The molecule has 0 saturated heterocycles. The molecule has 0 N–H and O–H groups in total. The minimum atomic E-state index is 0.613. The topological polar surface area (TPSA) is 44.1 Å². The summed E-state index contributed by atoms with van der Waals surface area (Å²) in [4.78, 5) is 4.93. The maximum absolute atomic E-state index is 6.63. The highest BCUT2D eigenvalue weighted by atomic mass is 16.3. The Morgan fingerprint density at radius 2 is 1.06 bits per heavy atom. The summed E-state index contributed by atoms with van der Waals surface area (Å²) in [5, 5.41) is 9.42. The van der Waals surface area contributed by atoms with Crippen LogP contribution >= 0.6 is 0 Å². The van der Waals surface area contributed by atoms with Crippen molar-refractivity contribution in [2.45, 2.75) is 0 Å². The third-order valence-electron chi connectivity index (χ3n) is 9.96. The number of hydrogen-bond donors (Lipinski definition) is 0. The van der Waals surface area contributed by atoms with Crippen LogP contribution in [0.5, 0.6) is 0 Å². The predicted molar refractivity (Wildman–Crippen MR) is 202 cm³/mol. The van der Waals surface area contributed by atoms with Gasteiger partial charge in [0.25, 0.3) is 0 Å². The second kappa shape index (κ2) is 9.93. The van der Waals surface area contributed by atoms with Crippen molar-refractivity contribution in [2.75, 3.05) is 0 Å². The quantitative estimate of drug-likeness (QED) is 0.196. The Labute approximate surface area is 280 Å². The fourth-order valence-electron chi connectivity index (χ4n) is 7.63. The van der Waals surface area contributed by atoms with Gasteiger partial charge in [-0.1, -0.05) is 91.0 Å². The molecule has 4 nitrogen and oxygen atoms in total. The molecule has 0 radical (unpaired) electrons. The van der Waals surface area contributed by atoms with E-state index in [-0.39, 0.29) is 0 Å². The summed E-state index contributed by atoms with van der Waals surface area (Å²) in [6.07, 6.45) is 0. The van der Waals surface area contributed by atoms with Crippen molar-refractivity contribution < 1.29 is 8.83 Å². The van der Waals surface area contributed by atoms with Gasteiger partial charge in [-0.3, -0.25) is 0 Å².